The van der Waals surface area contributed by atoms with E-state index in [0.717, 1.165) is 23.9 Å². The van der Waals surface area contributed by atoms with Crippen molar-refractivity contribution in [3.63, 3.8) is 0 Å². The number of nitrogens with zero attached hydrogens (tertiary/aromatic N) is 1. The number of piperidine rings is 3. The van der Waals surface area contributed by atoms with E-state index in [1.165, 1.54) is 31.5 Å². The van der Waals surface area contributed by atoms with E-state index in [4.69, 9.17) is 9.47 Å². The van der Waals surface area contributed by atoms with Crippen molar-refractivity contribution in [3.8, 4) is 5.75 Å². The Bertz CT molecular complexity index is 470. The molecule has 3 saturated heterocycles. The molecule has 4 rings (SSSR count). The summed E-state index contributed by atoms with van der Waals surface area (Å²) < 4.78 is 11.0. The van der Waals surface area contributed by atoms with Gasteiger partial charge in [-0.25, -0.2) is 0 Å². The number of hydrogen-bond acceptors (Lipinski definition) is 4. The van der Waals surface area contributed by atoms with Crippen LogP contribution >= 0.6 is 0 Å². The molecular formula is C17H26N2O2. The minimum Gasteiger partial charge on any atom is -0.489 e. The number of aryl methyl sites for hydroxylation is 1. The predicted molar refractivity (Wildman–Crippen MR) is 85.1 cm³/mol. The van der Waals surface area contributed by atoms with Crippen molar-refractivity contribution in [2.24, 2.45) is 5.92 Å². The molecule has 0 amide bonds. The minimum atomic E-state index is 0.556. The van der Waals surface area contributed by atoms with Gasteiger partial charge in [0.1, 0.15) is 12.4 Å². The Labute approximate surface area is 127 Å². The molecule has 0 aliphatic carbocycles. The van der Waals surface area contributed by atoms with Crippen LogP contribution in [0.5, 0.6) is 5.75 Å². The number of hydrogen-bond donors (Lipinski definition) is 1. The van der Waals surface area contributed by atoms with Gasteiger partial charge in [0.05, 0.1) is 12.3 Å². The number of ether oxygens (including phenoxy) is 2. The highest BCUT2D eigenvalue weighted by atomic mass is 16.5. The van der Waals surface area contributed by atoms with Gasteiger partial charge in [0.15, 0.2) is 0 Å². The summed E-state index contributed by atoms with van der Waals surface area (Å²) in [7, 11) is 1.70. The zero-order valence-corrected chi connectivity index (χ0v) is 13.1. The molecule has 1 unspecified atom stereocenters. The van der Waals surface area contributed by atoms with E-state index in [9.17, 15) is 0 Å². The Morgan fingerprint density at radius 3 is 2.71 bits per heavy atom. The second-order valence-electron chi connectivity index (χ2n) is 6.23. The third-order valence-electron chi connectivity index (χ3n) is 4.68. The number of benzene rings is 1. The summed E-state index contributed by atoms with van der Waals surface area (Å²) in [4.78, 5) is 2.57. The highest BCUT2D eigenvalue weighted by molar-refractivity contribution is 5.58. The van der Waals surface area contributed by atoms with Crippen LogP contribution in [0, 0.1) is 12.8 Å². The Hall–Kier alpha value is -1.26. The average molecular weight is 290 g/mol. The van der Waals surface area contributed by atoms with E-state index in [0.29, 0.717) is 19.3 Å². The van der Waals surface area contributed by atoms with Crippen LogP contribution in [0.25, 0.3) is 0 Å². The molecule has 1 atom stereocenters. The van der Waals surface area contributed by atoms with Gasteiger partial charge in [-0.05, 0) is 56.5 Å². The van der Waals surface area contributed by atoms with Crippen molar-refractivity contribution in [1.82, 2.24) is 4.90 Å². The molecule has 3 aliphatic heterocycles. The van der Waals surface area contributed by atoms with Gasteiger partial charge < -0.3 is 19.7 Å². The molecule has 1 aromatic carbocycles. The van der Waals surface area contributed by atoms with E-state index in [2.05, 4.69) is 35.3 Å². The average Bonchev–Trinajstić information content (AvgIpc) is 2.51. The van der Waals surface area contributed by atoms with Crippen LogP contribution in [0.1, 0.15) is 18.4 Å². The molecule has 2 bridgehead atoms. The van der Waals surface area contributed by atoms with Crippen LogP contribution in [0.3, 0.4) is 0 Å². The van der Waals surface area contributed by atoms with E-state index < -0.39 is 0 Å². The highest BCUT2D eigenvalue weighted by Crippen LogP contribution is 2.33. The predicted octanol–water partition coefficient (Wildman–Crippen LogP) is 2.53. The van der Waals surface area contributed by atoms with Gasteiger partial charge in [0, 0.05) is 19.7 Å². The molecule has 4 nitrogen and oxygen atoms in total. The topological polar surface area (TPSA) is 33.7 Å². The van der Waals surface area contributed by atoms with Crippen LogP contribution in [0.15, 0.2) is 18.2 Å². The lowest BCUT2D eigenvalue weighted by molar-refractivity contribution is 0.0972. The van der Waals surface area contributed by atoms with Gasteiger partial charge in [0.2, 0.25) is 0 Å². The summed E-state index contributed by atoms with van der Waals surface area (Å²) in [6.45, 7) is 7.02. The molecule has 1 N–H and O–H groups in total. The number of rotatable bonds is 6. The van der Waals surface area contributed by atoms with Gasteiger partial charge in [0.25, 0.3) is 0 Å². The van der Waals surface area contributed by atoms with Crippen LogP contribution in [-0.4, -0.2) is 50.9 Å². The number of anilines is 1. The molecule has 0 aromatic heterocycles. The maximum atomic E-state index is 5.88. The first kappa shape index (κ1) is 14.7. The van der Waals surface area contributed by atoms with E-state index in [-0.39, 0.29) is 0 Å². The maximum Gasteiger partial charge on any atom is 0.142 e. The third kappa shape index (κ3) is 3.50. The van der Waals surface area contributed by atoms with Crippen molar-refractivity contribution in [3.05, 3.63) is 23.8 Å². The Morgan fingerprint density at radius 2 is 2.05 bits per heavy atom. The van der Waals surface area contributed by atoms with Gasteiger partial charge in [-0.3, -0.25) is 0 Å². The standard InChI is InChI=1S/C17H26N2O2/c1-13-3-4-15(17(11-13)21-10-9-20-2)18-16-12-19-7-5-14(16)6-8-19/h3-4,11,14,16,18H,5-10,12H2,1-2H3. The Balaban J connectivity index is 1.69. The number of methoxy groups -OCH3 is 1. The minimum absolute atomic E-state index is 0.556. The molecule has 21 heavy (non-hydrogen) atoms. The number of nitrogens with one attached hydrogen (secondary N) is 1. The molecule has 1 aromatic rings. The quantitative estimate of drug-likeness (QED) is 0.816. The lowest BCUT2D eigenvalue weighted by atomic mass is 9.84. The molecule has 3 heterocycles. The molecule has 0 radical (unpaired) electrons. The third-order valence-corrected chi connectivity index (χ3v) is 4.68. The van der Waals surface area contributed by atoms with Gasteiger partial charge in [-0.2, -0.15) is 0 Å². The van der Waals surface area contributed by atoms with E-state index in [1.807, 2.05) is 0 Å². The first-order valence-electron chi connectivity index (χ1n) is 7.97. The summed E-state index contributed by atoms with van der Waals surface area (Å²) in [5, 5.41) is 3.73. The summed E-state index contributed by atoms with van der Waals surface area (Å²) in [5.41, 5.74) is 2.34. The van der Waals surface area contributed by atoms with E-state index >= 15 is 0 Å². The Morgan fingerprint density at radius 1 is 1.24 bits per heavy atom. The van der Waals surface area contributed by atoms with Gasteiger partial charge in [-0.15, -0.1) is 0 Å². The fourth-order valence-corrected chi connectivity index (χ4v) is 3.43. The molecule has 4 heteroatoms. The first-order valence-corrected chi connectivity index (χ1v) is 7.97. The van der Waals surface area contributed by atoms with Gasteiger partial charge in [-0.1, -0.05) is 6.07 Å². The second kappa shape index (κ2) is 6.67. The lowest BCUT2D eigenvalue weighted by Crippen LogP contribution is -2.53. The molecule has 3 aliphatic rings. The van der Waals surface area contributed by atoms with Crippen molar-refractivity contribution < 1.29 is 9.47 Å². The molecular weight excluding hydrogens is 264 g/mol. The molecule has 116 valence electrons. The van der Waals surface area contributed by atoms with Crippen LogP contribution in [0.4, 0.5) is 5.69 Å². The lowest BCUT2D eigenvalue weighted by Gasteiger charge is -2.45. The fourth-order valence-electron chi connectivity index (χ4n) is 3.43. The van der Waals surface area contributed by atoms with Crippen LogP contribution in [0.2, 0.25) is 0 Å². The SMILES string of the molecule is COCCOc1cc(C)ccc1NC1CN2CCC1CC2. The first-order chi connectivity index (χ1) is 10.3. The smallest absolute Gasteiger partial charge is 0.142 e. The van der Waals surface area contributed by atoms with Crippen molar-refractivity contribution in [1.29, 1.82) is 0 Å². The maximum absolute atomic E-state index is 5.88. The summed E-state index contributed by atoms with van der Waals surface area (Å²) in [5.74, 6) is 1.76. The van der Waals surface area contributed by atoms with Gasteiger partial charge >= 0.3 is 0 Å². The monoisotopic (exact) mass is 290 g/mol. The summed E-state index contributed by atoms with van der Waals surface area (Å²) >= 11 is 0. The van der Waals surface area contributed by atoms with E-state index in [1.54, 1.807) is 7.11 Å². The van der Waals surface area contributed by atoms with Crippen molar-refractivity contribution in [2.45, 2.75) is 25.8 Å². The normalized spacial score (nSPS) is 27.6. The fraction of sp³-hybridized carbons (Fsp3) is 0.647. The largest absolute Gasteiger partial charge is 0.489 e. The highest BCUT2D eigenvalue weighted by Gasteiger charge is 2.34. The zero-order chi connectivity index (χ0) is 14.7. The summed E-state index contributed by atoms with van der Waals surface area (Å²) in [6.07, 6.45) is 2.65. The van der Waals surface area contributed by atoms with Crippen molar-refractivity contribution >= 4 is 5.69 Å². The number of fused-ring (bicyclic) bond motifs is 3. The Kier molecular flexibility index (Phi) is 4.66. The van der Waals surface area contributed by atoms with Crippen LogP contribution < -0.4 is 10.1 Å². The van der Waals surface area contributed by atoms with Crippen molar-refractivity contribution in [2.75, 3.05) is 45.3 Å². The summed E-state index contributed by atoms with van der Waals surface area (Å²) in [6, 6.07) is 6.96. The second-order valence-corrected chi connectivity index (χ2v) is 6.23. The van der Waals surface area contributed by atoms with Crippen LogP contribution in [-0.2, 0) is 4.74 Å². The molecule has 3 fully saturated rings. The molecule has 0 saturated carbocycles. The molecule has 0 spiro atoms. The zero-order valence-electron chi connectivity index (χ0n) is 13.1.